The Morgan fingerprint density at radius 3 is 2.75 bits per heavy atom. The number of hydrogen-bond donors (Lipinski definition) is 1. The number of nitrogens with one attached hydrogen (secondary N) is 1. The van der Waals surface area contributed by atoms with Crippen molar-refractivity contribution in [3.8, 4) is 16.3 Å². The van der Waals surface area contributed by atoms with Crippen LogP contribution in [0, 0.1) is 5.82 Å². The van der Waals surface area contributed by atoms with Crippen LogP contribution in [0.25, 0.3) is 10.6 Å². The number of amides is 1. The number of thiazole rings is 1. The maximum absolute atomic E-state index is 13.9. The fraction of sp³-hybridized carbons (Fsp3) is 0.200. The van der Waals surface area contributed by atoms with E-state index in [9.17, 15) is 9.18 Å². The molecule has 4 nitrogen and oxygen atoms in total. The zero-order valence-corrected chi connectivity index (χ0v) is 18.5. The molecule has 8 heteroatoms. The molecule has 1 atom stereocenters. The van der Waals surface area contributed by atoms with Crippen molar-refractivity contribution in [2.75, 3.05) is 12.4 Å². The fourth-order valence-electron chi connectivity index (χ4n) is 2.35. The fourth-order valence-corrected chi connectivity index (χ4v) is 4.39. The number of rotatable bonds is 7. The average molecular weight is 481 g/mol. The van der Waals surface area contributed by atoms with E-state index in [1.807, 2.05) is 29.6 Å². The lowest BCUT2D eigenvalue weighted by atomic mass is 10.2. The van der Waals surface area contributed by atoms with Gasteiger partial charge in [0.05, 0.1) is 23.7 Å². The molecule has 28 heavy (non-hydrogen) atoms. The summed E-state index contributed by atoms with van der Waals surface area (Å²) in [5.74, 6) is 0.697. The number of hydrogen-bond acceptors (Lipinski definition) is 5. The first-order valence-electron chi connectivity index (χ1n) is 8.42. The Morgan fingerprint density at radius 1 is 1.32 bits per heavy atom. The normalized spacial score (nSPS) is 11.9. The second-order valence-electron chi connectivity index (χ2n) is 5.94. The SMILES string of the molecule is COc1ccc(-c2nc(CSC(C)C(=O)Nc3ccc(Br)cc3F)cs2)cc1. The van der Waals surface area contributed by atoms with E-state index < -0.39 is 5.82 Å². The van der Waals surface area contributed by atoms with Gasteiger partial charge in [-0.3, -0.25) is 4.79 Å². The molecule has 3 aromatic rings. The first kappa shape index (κ1) is 20.8. The molecule has 1 N–H and O–H groups in total. The summed E-state index contributed by atoms with van der Waals surface area (Å²) in [5, 5.41) is 5.21. The van der Waals surface area contributed by atoms with E-state index in [0.717, 1.165) is 22.0 Å². The van der Waals surface area contributed by atoms with Gasteiger partial charge in [0, 0.05) is 21.2 Å². The van der Waals surface area contributed by atoms with E-state index in [4.69, 9.17) is 4.74 Å². The van der Waals surface area contributed by atoms with Crippen LogP contribution >= 0.6 is 39.0 Å². The summed E-state index contributed by atoms with van der Waals surface area (Å²) in [7, 11) is 1.64. The number of methoxy groups -OCH3 is 1. The van der Waals surface area contributed by atoms with Gasteiger partial charge in [-0.25, -0.2) is 9.37 Å². The minimum Gasteiger partial charge on any atom is -0.497 e. The molecule has 0 saturated carbocycles. The number of carbonyl (C=O) groups excluding carboxylic acids is 1. The zero-order valence-electron chi connectivity index (χ0n) is 15.2. The highest BCUT2D eigenvalue weighted by Crippen LogP contribution is 2.28. The molecule has 1 amide bonds. The van der Waals surface area contributed by atoms with Crippen LogP contribution in [0.1, 0.15) is 12.6 Å². The van der Waals surface area contributed by atoms with Crippen LogP contribution in [0.4, 0.5) is 10.1 Å². The van der Waals surface area contributed by atoms with Crippen molar-refractivity contribution in [1.82, 2.24) is 4.98 Å². The van der Waals surface area contributed by atoms with Crippen molar-refractivity contribution < 1.29 is 13.9 Å². The van der Waals surface area contributed by atoms with Crippen LogP contribution in [0.3, 0.4) is 0 Å². The van der Waals surface area contributed by atoms with Gasteiger partial charge in [-0.05, 0) is 49.4 Å². The van der Waals surface area contributed by atoms with Gasteiger partial charge in [0.1, 0.15) is 16.6 Å². The van der Waals surface area contributed by atoms with Gasteiger partial charge < -0.3 is 10.1 Å². The quantitative estimate of drug-likeness (QED) is 0.451. The summed E-state index contributed by atoms with van der Waals surface area (Å²) in [6.07, 6.45) is 0. The molecule has 1 aromatic heterocycles. The summed E-state index contributed by atoms with van der Waals surface area (Å²) in [6, 6.07) is 12.3. The van der Waals surface area contributed by atoms with Gasteiger partial charge in [-0.15, -0.1) is 23.1 Å². The van der Waals surface area contributed by atoms with Crippen LogP contribution in [0.5, 0.6) is 5.75 Å². The van der Waals surface area contributed by atoms with E-state index in [1.54, 1.807) is 31.4 Å². The van der Waals surface area contributed by atoms with Gasteiger partial charge in [0.2, 0.25) is 5.91 Å². The summed E-state index contributed by atoms with van der Waals surface area (Å²) in [6.45, 7) is 1.80. The van der Waals surface area contributed by atoms with Crippen molar-refractivity contribution in [3.63, 3.8) is 0 Å². The van der Waals surface area contributed by atoms with E-state index in [0.29, 0.717) is 10.2 Å². The van der Waals surface area contributed by atoms with E-state index >= 15 is 0 Å². The summed E-state index contributed by atoms with van der Waals surface area (Å²) >= 11 is 6.22. The smallest absolute Gasteiger partial charge is 0.237 e. The molecule has 1 unspecified atom stereocenters. The van der Waals surface area contributed by atoms with Crippen LogP contribution in [-0.2, 0) is 10.5 Å². The lowest BCUT2D eigenvalue weighted by molar-refractivity contribution is -0.115. The van der Waals surface area contributed by atoms with Crippen molar-refractivity contribution in [1.29, 1.82) is 0 Å². The molecule has 0 aliphatic heterocycles. The number of carbonyl (C=O) groups is 1. The molecular weight excluding hydrogens is 463 g/mol. The molecule has 0 fully saturated rings. The third-order valence-electron chi connectivity index (χ3n) is 3.93. The second-order valence-corrected chi connectivity index (χ2v) is 9.04. The summed E-state index contributed by atoms with van der Waals surface area (Å²) < 4.78 is 19.7. The number of thioether (sulfide) groups is 1. The zero-order chi connectivity index (χ0) is 20.1. The monoisotopic (exact) mass is 480 g/mol. The summed E-state index contributed by atoms with van der Waals surface area (Å²) in [5.41, 5.74) is 2.12. The lowest BCUT2D eigenvalue weighted by Gasteiger charge is -2.12. The molecular formula is C20H18BrFN2O2S2. The Morgan fingerprint density at radius 2 is 2.07 bits per heavy atom. The number of aromatic nitrogens is 1. The predicted molar refractivity (Wildman–Crippen MR) is 118 cm³/mol. The van der Waals surface area contributed by atoms with Crippen LogP contribution in [-0.4, -0.2) is 23.3 Å². The standard InChI is InChI=1S/C20H18BrFN2O2S2/c1-12(19(25)24-18-8-5-14(21)9-17(18)22)27-10-15-11-28-20(23-15)13-3-6-16(26-2)7-4-13/h3-9,11-12H,10H2,1-2H3,(H,24,25). The molecule has 2 aromatic carbocycles. The Kier molecular flexibility index (Phi) is 7.09. The first-order valence-corrected chi connectivity index (χ1v) is 11.1. The Hall–Kier alpha value is -1.90. The summed E-state index contributed by atoms with van der Waals surface area (Å²) in [4.78, 5) is 17.0. The van der Waals surface area contributed by atoms with Crippen LogP contribution in [0.2, 0.25) is 0 Å². The largest absolute Gasteiger partial charge is 0.497 e. The molecule has 0 aliphatic rings. The third kappa shape index (κ3) is 5.33. The molecule has 3 rings (SSSR count). The molecule has 0 bridgehead atoms. The molecule has 146 valence electrons. The van der Waals surface area contributed by atoms with E-state index in [1.165, 1.54) is 23.9 Å². The van der Waals surface area contributed by atoms with E-state index in [-0.39, 0.29) is 16.8 Å². The van der Waals surface area contributed by atoms with Crippen LogP contribution in [0.15, 0.2) is 52.3 Å². The highest BCUT2D eigenvalue weighted by atomic mass is 79.9. The molecule has 0 aliphatic carbocycles. The number of ether oxygens (including phenoxy) is 1. The van der Waals surface area contributed by atoms with Crippen molar-refractivity contribution in [2.24, 2.45) is 0 Å². The minimum atomic E-state index is -0.469. The van der Waals surface area contributed by atoms with Gasteiger partial charge >= 0.3 is 0 Å². The maximum Gasteiger partial charge on any atom is 0.237 e. The van der Waals surface area contributed by atoms with E-state index in [2.05, 4.69) is 26.2 Å². The molecule has 0 saturated heterocycles. The van der Waals surface area contributed by atoms with Gasteiger partial charge in [0.25, 0.3) is 0 Å². The average Bonchev–Trinajstić information content (AvgIpc) is 3.17. The Labute approximate surface area is 179 Å². The molecule has 0 spiro atoms. The lowest BCUT2D eigenvalue weighted by Crippen LogP contribution is -2.23. The third-order valence-corrected chi connectivity index (χ3v) is 6.54. The second kappa shape index (κ2) is 9.54. The van der Waals surface area contributed by atoms with Gasteiger partial charge in [-0.2, -0.15) is 0 Å². The van der Waals surface area contributed by atoms with Gasteiger partial charge in [0.15, 0.2) is 0 Å². The number of halogens is 2. The topological polar surface area (TPSA) is 51.2 Å². The number of anilines is 1. The molecule has 1 heterocycles. The Balaban J connectivity index is 1.56. The highest BCUT2D eigenvalue weighted by Gasteiger charge is 2.16. The molecule has 0 radical (unpaired) electrons. The highest BCUT2D eigenvalue weighted by molar-refractivity contribution is 9.10. The minimum absolute atomic E-state index is 0.177. The number of nitrogens with zero attached hydrogens (tertiary/aromatic N) is 1. The number of benzene rings is 2. The van der Waals surface area contributed by atoms with Crippen LogP contribution < -0.4 is 10.1 Å². The van der Waals surface area contributed by atoms with Crippen molar-refractivity contribution in [3.05, 3.63) is 63.8 Å². The van der Waals surface area contributed by atoms with Crippen molar-refractivity contribution >= 4 is 50.6 Å². The van der Waals surface area contributed by atoms with Crippen molar-refractivity contribution in [2.45, 2.75) is 17.9 Å². The van der Waals surface area contributed by atoms with Gasteiger partial charge in [-0.1, -0.05) is 15.9 Å². The predicted octanol–water partition coefficient (Wildman–Crippen LogP) is 5.98. The maximum atomic E-state index is 13.9. The first-order chi connectivity index (χ1) is 13.5. The Bertz CT molecular complexity index is 963.